The van der Waals surface area contributed by atoms with Crippen molar-refractivity contribution in [2.24, 2.45) is 5.10 Å². The van der Waals surface area contributed by atoms with Crippen LogP contribution in [0.1, 0.15) is 24.3 Å². The highest BCUT2D eigenvalue weighted by molar-refractivity contribution is 6.10. The second kappa shape index (κ2) is 7.23. The van der Waals surface area contributed by atoms with Gasteiger partial charge in [-0.1, -0.05) is 30.3 Å². The number of nitrogens with zero attached hydrogens (tertiary/aromatic N) is 3. The maximum absolute atomic E-state index is 12.2. The Bertz CT molecular complexity index is 1140. The molecule has 0 aromatic heterocycles. The first-order valence-corrected chi connectivity index (χ1v) is 8.85. The van der Waals surface area contributed by atoms with Gasteiger partial charge in [-0.15, -0.1) is 5.10 Å². The van der Waals surface area contributed by atoms with Crippen LogP contribution in [0.5, 0.6) is 5.75 Å². The van der Waals surface area contributed by atoms with Crippen molar-refractivity contribution in [1.82, 2.24) is 5.01 Å². The number of fused-ring (bicyclic) bond motifs is 1. The zero-order chi connectivity index (χ0) is 20.5. The van der Waals surface area contributed by atoms with Crippen LogP contribution in [-0.4, -0.2) is 28.8 Å². The summed E-state index contributed by atoms with van der Waals surface area (Å²) in [5.74, 6) is 0.495. The van der Waals surface area contributed by atoms with Crippen LogP contribution in [0.3, 0.4) is 0 Å². The summed E-state index contributed by atoms with van der Waals surface area (Å²) in [5, 5.41) is 18.4. The van der Waals surface area contributed by atoms with Gasteiger partial charge in [0.2, 0.25) is 18.0 Å². The van der Waals surface area contributed by atoms with Crippen molar-refractivity contribution in [3.05, 3.63) is 81.9 Å². The zero-order valence-corrected chi connectivity index (χ0v) is 15.7. The van der Waals surface area contributed by atoms with Crippen LogP contribution in [0.15, 0.2) is 65.8 Å². The predicted octanol–water partition coefficient (Wildman–Crippen LogP) is 4.00. The summed E-state index contributed by atoms with van der Waals surface area (Å²) >= 11 is 0. The van der Waals surface area contributed by atoms with Gasteiger partial charge in [-0.25, -0.2) is 0 Å². The van der Waals surface area contributed by atoms with Crippen LogP contribution < -0.4 is 4.74 Å². The van der Waals surface area contributed by atoms with Crippen molar-refractivity contribution in [3.63, 3.8) is 0 Å². The molecule has 1 atom stereocenters. The number of nitro groups is 1. The number of hydrogen-bond donors (Lipinski definition) is 0. The van der Waals surface area contributed by atoms with Gasteiger partial charge in [0.15, 0.2) is 0 Å². The fourth-order valence-corrected chi connectivity index (χ4v) is 3.29. The molecule has 1 aliphatic rings. The molecule has 0 radical (unpaired) electrons. The molecule has 0 bridgehead atoms. The second-order valence-corrected chi connectivity index (χ2v) is 6.45. The number of carbonyl (C=O) groups excluding carboxylic acids is 1. The van der Waals surface area contributed by atoms with Gasteiger partial charge in [0.05, 0.1) is 17.6 Å². The van der Waals surface area contributed by atoms with Crippen molar-refractivity contribution in [2.75, 3.05) is 7.11 Å². The summed E-state index contributed by atoms with van der Waals surface area (Å²) < 4.78 is 11.6. The molecule has 0 N–H and O–H groups in total. The van der Waals surface area contributed by atoms with Gasteiger partial charge in [-0.2, -0.15) is 5.01 Å². The normalized spacial score (nSPS) is 15.7. The molecule has 8 heteroatoms. The molecule has 1 unspecified atom stereocenters. The maximum Gasteiger partial charge on any atom is 0.269 e. The summed E-state index contributed by atoms with van der Waals surface area (Å²) in [4.78, 5) is 22.6. The highest BCUT2D eigenvalue weighted by Crippen LogP contribution is 2.36. The molecule has 146 valence electrons. The van der Waals surface area contributed by atoms with Gasteiger partial charge in [0, 0.05) is 24.6 Å². The summed E-state index contributed by atoms with van der Waals surface area (Å²) in [7, 11) is 1.56. The minimum absolute atomic E-state index is 0.0435. The molecule has 0 spiro atoms. The van der Waals surface area contributed by atoms with Crippen molar-refractivity contribution in [3.8, 4) is 5.75 Å². The molecule has 1 heterocycles. The lowest BCUT2D eigenvalue weighted by Crippen LogP contribution is -2.25. The highest BCUT2D eigenvalue weighted by atomic mass is 16.6. The largest absolute Gasteiger partial charge is 0.496 e. The fourth-order valence-electron chi connectivity index (χ4n) is 3.29. The summed E-state index contributed by atoms with van der Waals surface area (Å²) in [6, 6.07) is 17.3. The Labute approximate surface area is 166 Å². The van der Waals surface area contributed by atoms with Crippen molar-refractivity contribution >= 4 is 28.3 Å². The van der Waals surface area contributed by atoms with E-state index in [4.69, 9.17) is 9.47 Å². The van der Waals surface area contributed by atoms with E-state index in [-0.39, 0.29) is 17.5 Å². The minimum Gasteiger partial charge on any atom is -0.496 e. The molecule has 29 heavy (non-hydrogen) atoms. The van der Waals surface area contributed by atoms with Crippen LogP contribution in [0.4, 0.5) is 5.69 Å². The molecule has 1 aliphatic heterocycles. The molecule has 1 amide bonds. The van der Waals surface area contributed by atoms with Crippen LogP contribution in [0.2, 0.25) is 0 Å². The third-order valence-corrected chi connectivity index (χ3v) is 4.68. The smallest absolute Gasteiger partial charge is 0.269 e. The Hall–Kier alpha value is -3.94. The van der Waals surface area contributed by atoms with E-state index in [1.165, 1.54) is 24.1 Å². The molecule has 3 aromatic carbocycles. The van der Waals surface area contributed by atoms with Gasteiger partial charge < -0.3 is 9.47 Å². The lowest BCUT2D eigenvalue weighted by Gasteiger charge is -2.19. The standard InChI is InChI=1S/C21H17N3O5/c1-13(25)23-21(15-7-10-16(11-8-15)24(26)27)29-20(22-23)19-17-6-4-3-5-14(17)9-12-18(19)28-2/h3-12,21H,1-2H3. The number of amides is 1. The number of non-ortho nitro benzene ring substituents is 1. The summed E-state index contributed by atoms with van der Waals surface area (Å²) in [5.41, 5.74) is 1.17. The first-order valence-electron chi connectivity index (χ1n) is 8.85. The van der Waals surface area contributed by atoms with E-state index in [2.05, 4.69) is 5.10 Å². The van der Waals surface area contributed by atoms with E-state index >= 15 is 0 Å². The minimum atomic E-state index is -0.827. The zero-order valence-electron chi connectivity index (χ0n) is 15.7. The lowest BCUT2D eigenvalue weighted by atomic mass is 10.0. The highest BCUT2D eigenvalue weighted by Gasteiger charge is 2.35. The molecule has 0 aliphatic carbocycles. The second-order valence-electron chi connectivity index (χ2n) is 6.45. The number of hydrogen-bond acceptors (Lipinski definition) is 6. The topological polar surface area (TPSA) is 94.3 Å². The average molecular weight is 391 g/mol. The molecular weight excluding hydrogens is 374 g/mol. The monoisotopic (exact) mass is 391 g/mol. The molecule has 0 fully saturated rings. The Kier molecular flexibility index (Phi) is 4.59. The molecular formula is C21H17N3O5. The van der Waals surface area contributed by atoms with E-state index in [0.29, 0.717) is 16.9 Å². The first kappa shape index (κ1) is 18.4. The summed E-state index contributed by atoms with van der Waals surface area (Å²) in [6.45, 7) is 1.38. The van der Waals surface area contributed by atoms with Crippen LogP contribution in [-0.2, 0) is 9.53 Å². The van der Waals surface area contributed by atoms with Crippen LogP contribution in [0.25, 0.3) is 10.8 Å². The number of nitro benzene ring substituents is 1. The molecule has 0 saturated heterocycles. The van der Waals surface area contributed by atoms with Crippen molar-refractivity contribution in [1.29, 1.82) is 0 Å². The molecule has 4 rings (SSSR count). The van der Waals surface area contributed by atoms with Gasteiger partial charge in [-0.3, -0.25) is 14.9 Å². The number of benzene rings is 3. The maximum atomic E-state index is 12.2. The number of ether oxygens (including phenoxy) is 2. The SMILES string of the molecule is COc1ccc2ccccc2c1C1=NN(C(C)=O)C(c2ccc([N+](=O)[O-])cc2)O1. The quantitative estimate of drug-likeness (QED) is 0.495. The Morgan fingerprint density at radius 3 is 2.52 bits per heavy atom. The molecule has 8 nitrogen and oxygen atoms in total. The fraction of sp³-hybridized carbons (Fsp3) is 0.143. The Morgan fingerprint density at radius 1 is 1.14 bits per heavy atom. The van der Waals surface area contributed by atoms with Crippen LogP contribution >= 0.6 is 0 Å². The van der Waals surface area contributed by atoms with Gasteiger partial charge in [0.1, 0.15) is 5.75 Å². The van der Waals surface area contributed by atoms with E-state index in [1.807, 2.05) is 36.4 Å². The van der Waals surface area contributed by atoms with Crippen LogP contribution in [0, 0.1) is 10.1 Å². The third kappa shape index (κ3) is 3.25. The number of hydrazone groups is 1. The van der Waals surface area contributed by atoms with Crippen molar-refractivity contribution < 1.29 is 19.2 Å². The van der Waals surface area contributed by atoms with Gasteiger partial charge in [-0.05, 0) is 29.0 Å². The van der Waals surface area contributed by atoms with E-state index < -0.39 is 11.2 Å². The number of carbonyl (C=O) groups is 1. The first-order chi connectivity index (χ1) is 14.0. The molecule has 0 saturated carbocycles. The van der Waals surface area contributed by atoms with E-state index in [1.54, 1.807) is 19.2 Å². The van der Waals surface area contributed by atoms with Gasteiger partial charge >= 0.3 is 0 Å². The average Bonchev–Trinajstić information content (AvgIpc) is 3.18. The Morgan fingerprint density at radius 2 is 1.86 bits per heavy atom. The number of methoxy groups -OCH3 is 1. The Balaban J connectivity index is 1.79. The van der Waals surface area contributed by atoms with E-state index in [9.17, 15) is 14.9 Å². The molecule has 3 aromatic rings. The lowest BCUT2D eigenvalue weighted by molar-refractivity contribution is -0.384. The van der Waals surface area contributed by atoms with E-state index in [0.717, 1.165) is 10.8 Å². The number of rotatable bonds is 4. The van der Waals surface area contributed by atoms with Gasteiger partial charge in [0.25, 0.3) is 5.69 Å². The summed E-state index contributed by atoms with van der Waals surface area (Å²) in [6.07, 6.45) is -0.827. The predicted molar refractivity (Wildman–Crippen MR) is 106 cm³/mol. The third-order valence-electron chi connectivity index (χ3n) is 4.68. The van der Waals surface area contributed by atoms with Crippen molar-refractivity contribution in [2.45, 2.75) is 13.2 Å².